The SMILES string of the molecule is COc1cccc(F)c1-c1cn(C[Si](C)(C)C)nn1. The second-order valence-corrected chi connectivity index (χ2v) is 11.1. The first-order valence-electron chi connectivity index (χ1n) is 6.14. The third kappa shape index (κ3) is 3.20. The minimum absolute atomic E-state index is 0.348. The van der Waals surface area contributed by atoms with Gasteiger partial charge >= 0.3 is 0 Å². The molecule has 1 aromatic heterocycles. The molecule has 0 aliphatic carbocycles. The van der Waals surface area contributed by atoms with Crippen LogP contribution in [0, 0.1) is 5.82 Å². The number of methoxy groups -OCH3 is 1. The van der Waals surface area contributed by atoms with E-state index in [1.54, 1.807) is 23.0 Å². The van der Waals surface area contributed by atoms with Gasteiger partial charge in [0.25, 0.3) is 0 Å². The van der Waals surface area contributed by atoms with Gasteiger partial charge in [-0.05, 0) is 12.1 Å². The van der Waals surface area contributed by atoms with Crippen LogP contribution in [0.5, 0.6) is 5.75 Å². The first-order chi connectivity index (χ1) is 8.90. The number of ether oxygens (including phenoxy) is 1. The van der Waals surface area contributed by atoms with Crippen LogP contribution in [0.25, 0.3) is 11.3 Å². The number of benzene rings is 1. The Morgan fingerprint density at radius 1 is 1.32 bits per heavy atom. The van der Waals surface area contributed by atoms with Crippen molar-refractivity contribution >= 4 is 8.07 Å². The molecule has 1 heterocycles. The molecule has 0 N–H and O–H groups in total. The molecule has 1 aromatic carbocycles. The predicted octanol–water partition coefficient (Wildman–Crippen LogP) is 2.97. The van der Waals surface area contributed by atoms with Gasteiger partial charge in [0.05, 0.1) is 26.9 Å². The normalized spacial score (nSPS) is 11.6. The van der Waals surface area contributed by atoms with E-state index in [-0.39, 0.29) is 5.82 Å². The number of aromatic nitrogens is 3. The van der Waals surface area contributed by atoms with Gasteiger partial charge in [-0.15, -0.1) is 5.10 Å². The van der Waals surface area contributed by atoms with Crippen molar-refractivity contribution in [3.05, 3.63) is 30.2 Å². The number of hydrogen-bond acceptors (Lipinski definition) is 3. The first-order valence-corrected chi connectivity index (χ1v) is 9.84. The summed E-state index contributed by atoms with van der Waals surface area (Å²) in [7, 11) is 0.233. The molecule has 0 saturated heterocycles. The zero-order chi connectivity index (χ0) is 14.0. The lowest BCUT2D eigenvalue weighted by Crippen LogP contribution is -2.28. The van der Waals surface area contributed by atoms with E-state index >= 15 is 0 Å². The maximum atomic E-state index is 13.9. The summed E-state index contributed by atoms with van der Waals surface area (Å²) in [5, 5.41) is 8.13. The Morgan fingerprint density at radius 2 is 2.05 bits per heavy atom. The average molecular weight is 279 g/mol. The molecule has 0 saturated carbocycles. The molecule has 2 rings (SSSR count). The second kappa shape index (κ2) is 5.12. The molecule has 19 heavy (non-hydrogen) atoms. The molecule has 0 atom stereocenters. The van der Waals surface area contributed by atoms with Gasteiger partial charge in [-0.25, -0.2) is 4.39 Å². The summed E-state index contributed by atoms with van der Waals surface area (Å²) in [6.45, 7) is 6.74. The lowest BCUT2D eigenvalue weighted by Gasteiger charge is -2.14. The summed E-state index contributed by atoms with van der Waals surface area (Å²) in [4.78, 5) is 0. The van der Waals surface area contributed by atoms with E-state index in [1.807, 2.05) is 0 Å². The van der Waals surface area contributed by atoms with Crippen LogP contribution in [0.1, 0.15) is 0 Å². The highest BCUT2D eigenvalue weighted by atomic mass is 28.3. The molecule has 0 aliphatic rings. The monoisotopic (exact) mass is 279 g/mol. The van der Waals surface area contributed by atoms with Gasteiger partial charge in [0.1, 0.15) is 17.3 Å². The highest BCUT2D eigenvalue weighted by Gasteiger charge is 2.18. The predicted molar refractivity (Wildman–Crippen MR) is 75.3 cm³/mol. The molecule has 0 fully saturated rings. The van der Waals surface area contributed by atoms with Gasteiger partial charge in [0.2, 0.25) is 0 Å². The molecule has 0 aliphatic heterocycles. The summed E-state index contributed by atoms with van der Waals surface area (Å²) in [5.41, 5.74) is 0.875. The largest absolute Gasteiger partial charge is 0.496 e. The molecule has 0 radical (unpaired) electrons. The van der Waals surface area contributed by atoms with Crippen molar-refractivity contribution in [1.29, 1.82) is 0 Å². The van der Waals surface area contributed by atoms with Crippen molar-refractivity contribution in [3.8, 4) is 17.0 Å². The molecule has 0 bridgehead atoms. The van der Waals surface area contributed by atoms with Crippen molar-refractivity contribution < 1.29 is 9.13 Å². The van der Waals surface area contributed by atoms with E-state index in [2.05, 4.69) is 30.0 Å². The van der Waals surface area contributed by atoms with Gasteiger partial charge in [0.15, 0.2) is 0 Å². The van der Waals surface area contributed by atoms with Crippen LogP contribution < -0.4 is 4.74 Å². The topological polar surface area (TPSA) is 39.9 Å². The molecule has 6 heteroatoms. The van der Waals surface area contributed by atoms with E-state index < -0.39 is 8.07 Å². The van der Waals surface area contributed by atoms with Gasteiger partial charge in [-0.2, -0.15) is 0 Å². The summed E-state index contributed by atoms with van der Waals surface area (Å²) < 4.78 is 20.9. The maximum absolute atomic E-state index is 13.9. The number of nitrogens with zero attached hydrogens (tertiary/aromatic N) is 3. The standard InChI is InChI=1S/C13H18FN3OSi/c1-18-12-7-5-6-10(14)13(12)11-8-17(16-15-11)9-19(2,3)4/h5-8H,9H2,1-4H3. The van der Waals surface area contributed by atoms with Crippen molar-refractivity contribution in [1.82, 2.24) is 15.0 Å². The van der Waals surface area contributed by atoms with Crippen LogP contribution in [0.2, 0.25) is 19.6 Å². The third-order valence-electron chi connectivity index (χ3n) is 2.63. The molecule has 0 unspecified atom stereocenters. The zero-order valence-electron chi connectivity index (χ0n) is 11.6. The summed E-state index contributed by atoms with van der Waals surface area (Å²) in [6, 6.07) is 4.73. The van der Waals surface area contributed by atoms with E-state index in [0.717, 1.165) is 6.17 Å². The summed E-state index contributed by atoms with van der Waals surface area (Å²) in [6.07, 6.45) is 2.63. The van der Waals surface area contributed by atoms with Gasteiger partial charge in [0, 0.05) is 6.17 Å². The molecule has 2 aromatic rings. The molecule has 0 spiro atoms. The zero-order valence-corrected chi connectivity index (χ0v) is 12.6. The van der Waals surface area contributed by atoms with Gasteiger partial charge < -0.3 is 4.74 Å². The fourth-order valence-electron chi connectivity index (χ4n) is 1.90. The second-order valence-electron chi connectivity index (χ2n) is 5.68. The van der Waals surface area contributed by atoms with E-state index in [4.69, 9.17) is 4.74 Å². The quantitative estimate of drug-likeness (QED) is 0.808. The van der Waals surface area contributed by atoms with Crippen molar-refractivity contribution in [3.63, 3.8) is 0 Å². The van der Waals surface area contributed by atoms with Crippen LogP contribution in [-0.2, 0) is 6.17 Å². The van der Waals surface area contributed by atoms with Crippen LogP contribution in [0.4, 0.5) is 4.39 Å². The Balaban J connectivity index is 2.38. The minimum atomic E-state index is -1.29. The number of rotatable bonds is 4. The van der Waals surface area contributed by atoms with Crippen LogP contribution in [-0.4, -0.2) is 30.2 Å². The average Bonchev–Trinajstić information content (AvgIpc) is 2.74. The van der Waals surface area contributed by atoms with Crippen molar-refractivity contribution in [2.45, 2.75) is 25.8 Å². The molecule has 102 valence electrons. The Kier molecular flexibility index (Phi) is 3.70. The molecular weight excluding hydrogens is 261 g/mol. The van der Waals surface area contributed by atoms with Crippen LogP contribution in [0.3, 0.4) is 0 Å². The fraction of sp³-hybridized carbons (Fsp3) is 0.385. The highest BCUT2D eigenvalue weighted by Crippen LogP contribution is 2.30. The lowest BCUT2D eigenvalue weighted by molar-refractivity contribution is 0.413. The van der Waals surface area contributed by atoms with Crippen molar-refractivity contribution in [2.24, 2.45) is 0 Å². The fourth-order valence-corrected chi connectivity index (χ4v) is 3.03. The van der Waals surface area contributed by atoms with E-state index in [9.17, 15) is 4.39 Å². The van der Waals surface area contributed by atoms with Crippen LogP contribution in [0.15, 0.2) is 24.4 Å². The summed E-state index contributed by atoms with van der Waals surface area (Å²) >= 11 is 0. The Bertz CT molecular complexity index is 578. The Hall–Kier alpha value is -1.69. The lowest BCUT2D eigenvalue weighted by atomic mass is 10.1. The number of halogens is 1. The number of hydrogen-bond donors (Lipinski definition) is 0. The van der Waals surface area contributed by atoms with Crippen LogP contribution >= 0.6 is 0 Å². The minimum Gasteiger partial charge on any atom is -0.496 e. The van der Waals surface area contributed by atoms with Gasteiger partial charge in [-0.3, -0.25) is 4.68 Å². The maximum Gasteiger partial charge on any atom is 0.136 e. The third-order valence-corrected chi connectivity index (χ3v) is 3.90. The molecular formula is C13H18FN3OSi. The molecule has 4 nitrogen and oxygen atoms in total. The Morgan fingerprint density at radius 3 is 2.68 bits per heavy atom. The van der Waals surface area contributed by atoms with E-state index in [1.165, 1.54) is 13.2 Å². The Labute approximate surface area is 113 Å². The van der Waals surface area contributed by atoms with E-state index in [0.29, 0.717) is 17.0 Å². The molecule has 0 amide bonds. The highest BCUT2D eigenvalue weighted by molar-refractivity contribution is 6.74. The smallest absolute Gasteiger partial charge is 0.136 e. The summed E-state index contributed by atoms with van der Waals surface area (Å²) in [5.74, 6) is 0.124. The van der Waals surface area contributed by atoms with Gasteiger partial charge in [-0.1, -0.05) is 30.9 Å². The van der Waals surface area contributed by atoms with Crippen molar-refractivity contribution in [2.75, 3.05) is 7.11 Å². The first kappa shape index (κ1) is 13.7.